The molecule has 0 unspecified atom stereocenters. The molecule has 0 aliphatic carbocycles. The Kier molecular flexibility index (Phi) is 10.8. The Hall–Kier alpha value is -1.24. The van der Waals surface area contributed by atoms with Gasteiger partial charge < -0.3 is 0 Å². The highest BCUT2D eigenvalue weighted by Crippen LogP contribution is 2.28. The molecule has 134 valence electrons. The summed E-state index contributed by atoms with van der Waals surface area (Å²) in [4.78, 5) is 33.8. The minimum absolute atomic E-state index is 0.437. The minimum Gasteiger partial charge on any atom is -0.297 e. The molecule has 0 bridgehead atoms. The van der Waals surface area contributed by atoms with Crippen LogP contribution in [-0.4, -0.2) is 56.0 Å². The second kappa shape index (κ2) is 11.3. The molecule has 0 saturated heterocycles. The molecular formula is C12H18N4O4S4. The zero-order valence-electron chi connectivity index (χ0n) is 14.1. The van der Waals surface area contributed by atoms with Crippen LogP contribution in [0.1, 0.15) is 27.7 Å². The molecule has 0 aromatic heterocycles. The quantitative estimate of drug-likeness (QED) is 0.156. The zero-order chi connectivity index (χ0) is 18.9. The lowest BCUT2D eigenvalue weighted by atomic mass is 10.3. The summed E-state index contributed by atoms with van der Waals surface area (Å²) in [5.74, 6) is 0. The lowest BCUT2D eigenvalue weighted by Gasteiger charge is -2.16. The fourth-order valence-corrected chi connectivity index (χ4v) is 2.05. The first kappa shape index (κ1) is 22.8. The van der Waals surface area contributed by atoms with E-state index in [9.17, 15) is 9.59 Å². The summed E-state index contributed by atoms with van der Waals surface area (Å²) in [6, 6.07) is 0. The summed E-state index contributed by atoms with van der Waals surface area (Å²) in [5.41, 5.74) is 0.874. The number of nitrogens with zero attached hydrogens (tertiary/aromatic N) is 4. The third-order valence-corrected chi connectivity index (χ3v) is 5.26. The molecule has 0 spiro atoms. The van der Waals surface area contributed by atoms with Gasteiger partial charge in [0.1, 0.15) is 0 Å². The summed E-state index contributed by atoms with van der Waals surface area (Å²) >= 11 is 9.77. The van der Waals surface area contributed by atoms with E-state index in [1.807, 2.05) is 0 Å². The average Bonchev–Trinajstić information content (AvgIpc) is 2.53. The summed E-state index contributed by atoms with van der Waals surface area (Å²) in [6.45, 7) is 6.61. The van der Waals surface area contributed by atoms with E-state index in [1.54, 1.807) is 27.7 Å². The summed E-state index contributed by atoms with van der Waals surface area (Å²) < 4.78 is 2.30. The monoisotopic (exact) mass is 410 g/mol. The second-order valence-electron chi connectivity index (χ2n) is 4.32. The standard InChI is InChI=1S/C12H18N4O4S4/c1-7(9(3)21)13-19-11(17)15(5)23-24-16(6)12(18)20-14-8(2)10(4)22/h1-6H3. The van der Waals surface area contributed by atoms with Gasteiger partial charge in [-0.2, -0.15) is 0 Å². The van der Waals surface area contributed by atoms with Gasteiger partial charge in [-0.1, -0.05) is 34.7 Å². The first-order valence-electron chi connectivity index (χ1n) is 6.41. The van der Waals surface area contributed by atoms with Crippen molar-refractivity contribution in [3.8, 4) is 0 Å². The predicted octanol–water partition coefficient (Wildman–Crippen LogP) is 3.87. The van der Waals surface area contributed by atoms with Crippen LogP contribution in [0.3, 0.4) is 0 Å². The van der Waals surface area contributed by atoms with E-state index < -0.39 is 12.2 Å². The summed E-state index contributed by atoms with van der Waals surface area (Å²) in [7, 11) is 4.82. The van der Waals surface area contributed by atoms with Crippen LogP contribution in [0.4, 0.5) is 9.59 Å². The second-order valence-corrected chi connectivity index (χ2v) is 7.84. The Morgan fingerprint density at radius 3 is 1.33 bits per heavy atom. The number of hydrogen-bond donors (Lipinski definition) is 0. The van der Waals surface area contributed by atoms with Crippen molar-refractivity contribution in [1.82, 2.24) is 8.61 Å². The Morgan fingerprint density at radius 2 is 1.08 bits per heavy atom. The number of carbonyl (C=O) groups is 2. The van der Waals surface area contributed by atoms with Crippen molar-refractivity contribution in [2.45, 2.75) is 27.7 Å². The SMILES string of the molecule is CC(=S)C(C)=NOC(=O)N(C)SSN(C)C(=O)ON=C(C)C(C)=S. The Balaban J connectivity index is 4.36. The minimum atomic E-state index is -0.713. The Labute approximate surface area is 159 Å². The van der Waals surface area contributed by atoms with Crippen molar-refractivity contribution >= 4 is 79.7 Å². The van der Waals surface area contributed by atoms with Crippen LogP contribution in [0.25, 0.3) is 0 Å². The first-order valence-corrected chi connectivity index (χ1v) is 9.29. The molecule has 0 N–H and O–H groups in total. The topological polar surface area (TPSA) is 83.8 Å². The van der Waals surface area contributed by atoms with Gasteiger partial charge in [0.05, 0.1) is 11.4 Å². The van der Waals surface area contributed by atoms with Gasteiger partial charge in [-0.05, 0) is 27.7 Å². The van der Waals surface area contributed by atoms with E-state index in [-0.39, 0.29) is 0 Å². The van der Waals surface area contributed by atoms with Crippen molar-refractivity contribution in [3.05, 3.63) is 0 Å². The van der Waals surface area contributed by atoms with Crippen LogP contribution in [0.15, 0.2) is 10.3 Å². The third-order valence-electron chi connectivity index (χ3n) is 2.31. The molecule has 0 aliphatic heterocycles. The molecule has 12 heteroatoms. The number of thiocarbonyl (C=S) groups is 2. The predicted molar refractivity (Wildman–Crippen MR) is 106 cm³/mol. The first-order chi connectivity index (χ1) is 11.1. The van der Waals surface area contributed by atoms with Crippen molar-refractivity contribution in [2.75, 3.05) is 14.1 Å². The van der Waals surface area contributed by atoms with Gasteiger partial charge in [-0.15, -0.1) is 0 Å². The molecule has 0 saturated carbocycles. The molecular weight excluding hydrogens is 392 g/mol. The van der Waals surface area contributed by atoms with Crippen LogP contribution in [0.5, 0.6) is 0 Å². The van der Waals surface area contributed by atoms with E-state index in [0.717, 1.165) is 30.6 Å². The van der Waals surface area contributed by atoms with Gasteiger partial charge in [-0.3, -0.25) is 9.68 Å². The molecule has 0 heterocycles. The lowest BCUT2D eigenvalue weighted by molar-refractivity contribution is 0.136. The zero-order valence-corrected chi connectivity index (χ0v) is 17.3. The van der Waals surface area contributed by atoms with Gasteiger partial charge in [-0.25, -0.2) is 18.2 Å². The van der Waals surface area contributed by atoms with E-state index in [0.29, 0.717) is 21.2 Å². The van der Waals surface area contributed by atoms with E-state index >= 15 is 0 Å². The van der Waals surface area contributed by atoms with E-state index in [4.69, 9.17) is 34.1 Å². The lowest BCUT2D eigenvalue weighted by Crippen LogP contribution is -2.23. The van der Waals surface area contributed by atoms with Crippen LogP contribution in [0, 0.1) is 0 Å². The maximum Gasteiger partial charge on any atom is 0.446 e. The molecule has 0 fully saturated rings. The molecule has 0 aliphatic rings. The van der Waals surface area contributed by atoms with E-state index in [1.165, 1.54) is 14.1 Å². The Morgan fingerprint density at radius 1 is 0.792 bits per heavy atom. The van der Waals surface area contributed by atoms with Crippen molar-refractivity contribution in [2.24, 2.45) is 10.3 Å². The molecule has 0 radical (unpaired) electrons. The van der Waals surface area contributed by atoms with Crippen LogP contribution >= 0.6 is 46.4 Å². The number of oxime groups is 2. The smallest absolute Gasteiger partial charge is 0.297 e. The van der Waals surface area contributed by atoms with Gasteiger partial charge in [0.25, 0.3) is 0 Å². The van der Waals surface area contributed by atoms with Crippen LogP contribution in [-0.2, 0) is 9.68 Å². The van der Waals surface area contributed by atoms with Crippen LogP contribution in [0.2, 0.25) is 0 Å². The van der Waals surface area contributed by atoms with E-state index in [2.05, 4.69) is 10.3 Å². The highest BCUT2D eigenvalue weighted by atomic mass is 33.1. The summed E-state index contributed by atoms with van der Waals surface area (Å²) in [6.07, 6.45) is -1.43. The Bertz CT molecular complexity index is 529. The number of hydrogen-bond acceptors (Lipinski definition) is 10. The number of carbonyl (C=O) groups excluding carboxylic acids is 2. The largest absolute Gasteiger partial charge is 0.446 e. The van der Waals surface area contributed by atoms with Gasteiger partial charge in [0.2, 0.25) is 0 Å². The molecule has 0 atom stereocenters. The maximum absolute atomic E-state index is 11.7. The van der Waals surface area contributed by atoms with Crippen LogP contribution < -0.4 is 0 Å². The van der Waals surface area contributed by atoms with Crippen molar-refractivity contribution < 1.29 is 19.3 Å². The van der Waals surface area contributed by atoms with Gasteiger partial charge in [0, 0.05) is 45.8 Å². The number of amides is 2. The third kappa shape index (κ3) is 9.15. The van der Waals surface area contributed by atoms with Crippen molar-refractivity contribution in [3.63, 3.8) is 0 Å². The van der Waals surface area contributed by atoms with Gasteiger partial charge in [0.15, 0.2) is 0 Å². The fourth-order valence-electron chi connectivity index (χ4n) is 0.619. The maximum atomic E-state index is 11.7. The fraction of sp³-hybridized carbons (Fsp3) is 0.500. The molecule has 24 heavy (non-hydrogen) atoms. The van der Waals surface area contributed by atoms with Gasteiger partial charge >= 0.3 is 12.2 Å². The highest BCUT2D eigenvalue weighted by Gasteiger charge is 2.17. The van der Waals surface area contributed by atoms with Crippen molar-refractivity contribution in [1.29, 1.82) is 0 Å². The highest BCUT2D eigenvalue weighted by molar-refractivity contribution is 8.75. The molecule has 2 amide bonds. The number of rotatable bonds is 7. The summed E-state index contributed by atoms with van der Waals surface area (Å²) in [5, 5.41) is 7.20. The molecule has 0 aromatic rings. The normalized spacial score (nSPS) is 11.6. The average molecular weight is 411 g/mol. The molecule has 8 nitrogen and oxygen atoms in total. The molecule has 0 aromatic carbocycles. The molecule has 0 rings (SSSR count).